The standard InChI is InChI=1S/C19H31N5O.2ClH/c1-19(2)15-24(10-6-16(19)20)18(25)7-9-22-11-13-23(14-12-22)17-5-3-4-8-21-17;;/h3-5,8,16H,6-7,9-15,20H2,1-2H3;2*1H. The van der Waals surface area contributed by atoms with Crippen LogP contribution < -0.4 is 10.6 Å². The summed E-state index contributed by atoms with van der Waals surface area (Å²) in [7, 11) is 0. The molecular formula is C19H33Cl2N5O. The molecule has 0 saturated carbocycles. The lowest BCUT2D eigenvalue weighted by molar-refractivity contribution is -0.135. The van der Waals surface area contributed by atoms with Gasteiger partial charge in [0.15, 0.2) is 0 Å². The zero-order valence-electron chi connectivity index (χ0n) is 16.3. The fourth-order valence-corrected chi connectivity index (χ4v) is 3.74. The number of rotatable bonds is 4. The molecule has 1 aromatic rings. The summed E-state index contributed by atoms with van der Waals surface area (Å²) in [6.45, 7) is 10.7. The first-order chi connectivity index (χ1) is 12.0. The van der Waals surface area contributed by atoms with Crippen molar-refractivity contribution in [2.24, 2.45) is 11.1 Å². The van der Waals surface area contributed by atoms with Gasteiger partial charge >= 0.3 is 0 Å². The summed E-state index contributed by atoms with van der Waals surface area (Å²) in [6.07, 6.45) is 3.35. The molecule has 27 heavy (non-hydrogen) atoms. The number of carbonyl (C=O) groups excluding carboxylic acids is 1. The van der Waals surface area contributed by atoms with Crippen molar-refractivity contribution < 1.29 is 4.79 Å². The number of amides is 1. The lowest BCUT2D eigenvalue weighted by Gasteiger charge is -2.43. The normalized spacial score (nSPS) is 22.6. The molecule has 1 atom stereocenters. The van der Waals surface area contributed by atoms with Gasteiger partial charge in [0.25, 0.3) is 0 Å². The quantitative estimate of drug-likeness (QED) is 0.811. The Morgan fingerprint density at radius 2 is 1.89 bits per heavy atom. The minimum absolute atomic E-state index is 0. The largest absolute Gasteiger partial charge is 0.354 e. The van der Waals surface area contributed by atoms with Crippen molar-refractivity contribution in [1.82, 2.24) is 14.8 Å². The van der Waals surface area contributed by atoms with E-state index in [1.807, 2.05) is 23.2 Å². The van der Waals surface area contributed by atoms with Crippen LogP contribution in [0.1, 0.15) is 26.7 Å². The fraction of sp³-hybridized carbons (Fsp3) is 0.684. The monoisotopic (exact) mass is 417 g/mol. The van der Waals surface area contributed by atoms with E-state index in [1.54, 1.807) is 0 Å². The van der Waals surface area contributed by atoms with Crippen molar-refractivity contribution in [3.05, 3.63) is 24.4 Å². The number of carbonyl (C=O) groups is 1. The highest BCUT2D eigenvalue weighted by atomic mass is 35.5. The van der Waals surface area contributed by atoms with Gasteiger partial charge < -0.3 is 15.5 Å². The first-order valence-electron chi connectivity index (χ1n) is 9.37. The Morgan fingerprint density at radius 3 is 2.48 bits per heavy atom. The number of halogens is 2. The molecule has 0 aromatic carbocycles. The molecule has 0 bridgehead atoms. The van der Waals surface area contributed by atoms with E-state index in [9.17, 15) is 4.79 Å². The highest BCUT2D eigenvalue weighted by Gasteiger charge is 2.35. The maximum Gasteiger partial charge on any atom is 0.223 e. The molecule has 2 saturated heterocycles. The van der Waals surface area contributed by atoms with Gasteiger partial charge in [0.2, 0.25) is 5.91 Å². The maximum atomic E-state index is 12.6. The number of piperidine rings is 1. The first kappa shape index (κ1) is 24.0. The van der Waals surface area contributed by atoms with Crippen LogP contribution in [0.2, 0.25) is 0 Å². The molecule has 8 heteroatoms. The Kier molecular flexibility index (Phi) is 9.28. The van der Waals surface area contributed by atoms with E-state index in [-0.39, 0.29) is 42.2 Å². The Morgan fingerprint density at radius 1 is 1.19 bits per heavy atom. The summed E-state index contributed by atoms with van der Waals surface area (Å²) in [4.78, 5) is 23.7. The number of hydrogen-bond acceptors (Lipinski definition) is 5. The molecular weight excluding hydrogens is 385 g/mol. The molecule has 0 radical (unpaired) electrons. The molecule has 2 N–H and O–H groups in total. The van der Waals surface area contributed by atoms with E-state index in [4.69, 9.17) is 5.73 Å². The Labute approximate surface area is 175 Å². The Bertz CT molecular complexity index is 579. The average molecular weight is 418 g/mol. The third-order valence-electron chi connectivity index (χ3n) is 5.65. The zero-order chi connectivity index (χ0) is 17.9. The van der Waals surface area contributed by atoms with Crippen LogP contribution in [0.25, 0.3) is 0 Å². The van der Waals surface area contributed by atoms with Crippen LogP contribution in [0, 0.1) is 5.41 Å². The van der Waals surface area contributed by atoms with E-state index in [0.717, 1.165) is 58.1 Å². The van der Waals surface area contributed by atoms with Crippen LogP contribution in [-0.2, 0) is 4.79 Å². The van der Waals surface area contributed by atoms with Gasteiger partial charge in [-0.25, -0.2) is 4.98 Å². The van der Waals surface area contributed by atoms with Crippen molar-refractivity contribution in [1.29, 1.82) is 0 Å². The second kappa shape index (κ2) is 10.5. The number of aromatic nitrogens is 1. The fourth-order valence-electron chi connectivity index (χ4n) is 3.74. The van der Waals surface area contributed by atoms with Gasteiger partial charge in [0, 0.05) is 64.5 Å². The zero-order valence-corrected chi connectivity index (χ0v) is 18.0. The highest BCUT2D eigenvalue weighted by molar-refractivity contribution is 5.85. The van der Waals surface area contributed by atoms with E-state index in [2.05, 4.69) is 34.7 Å². The summed E-state index contributed by atoms with van der Waals surface area (Å²) in [6, 6.07) is 6.22. The molecule has 2 fully saturated rings. The van der Waals surface area contributed by atoms with E-state index < -0.39 is 0 Å². The van der Waals surface area contributed by atoms with Crippen LogP contribution in [0.5, 0.6) is 0 Å². The first-order valence-corrected chi connectivity index (χ1v) is 9.37. The summed E-state index contributed by atoms with van der Waals surface area (Å²) in [5.74, 6) is 1.32. The van der Waals surface area contributed by atoms with Crippen LogP contribution in [-0.4, -0.2) is 72.5 Å². The van der Waals surface area contributed by atoms with Crippen LogP contribution in [0.4, 0.5) is 5.82 Å². The third-order valence-corrected chi connectivity index (χ3v) is 5.65. The lowest BCUT2D eigenvalue weighted by Crippen LogP contribution is -2.54. The van der Waals surface area contributed by atoms with Gasteiger partial charge in [-0.3, -0.25) is 9.69 Å². The van der Waals surface area contributed by atoms with Crippen molar-refractivity contribution >= 4 is 36.5 Å². The maximum absolute atomic E-state index is 12.6. The Hall–Kier alpha value is -1.08. The molecule has 1 aromatic heterocycles. The second-order valence-corrected chi connectivity index (χ2v) is 7.97. The molecule has 3 rings (SSSR count). The summed E-state index contributed by atoms with van der Waals surface area (Å²) >= 11 is 0. The molecule has 154 valence electrons. The van der Waals surface area contributed by atoms with Crippen molar-refractivity contribution in [3.8, 4) is 0 Å². The van der Waals surface area contributed by atoms with Gasteiger partial charge in [-0.15, -0.1) is 24.8 Å². The summed E-state index contributed by atoms with van der Waals surface area (Å²) in [5.41, 5.74) is 6.19. The minimum Gasteiger partial charge on any atom is -0.354 e. The Balaban J connectivity index is 0.00000182. The van der Waals surface area contributed by atoms with E-state index >= 15 is 0 Å². The molecule has 0 spiro atoms. The molecule has 1 unspecified atom stereocenters. The molecule has 6 nitrogen and oxygen atoms in total. The van der Waals surface area contributed by atoms with Crippen LogP contribution >= 0.6 is 24.8 Å². The second-order valence-electron chi connectivity index (χ2n) is 7.97. The predicted molar refractivity (Wildman–Crippen MR) is 115 cm³/mol. The lowest BCUT2D eigenvalue weighted by atomic mass is 9.79. The van der Waals surface area contributed by atoms with Gasteiger partial charge in [-0.05, 0) is 24.0 Å². The van der Waals surface area contributed by atoms with Gasteiger partial charge in [0.05, 0.1) is 0 Å². The number of hydrogen-bond donors (Lipinski definition) is 1. The van der Waals surface area contributed by atoms with Crippen LogP contribution in [0.15, 0.2) is 24.4 Å². The van der Waals surface area contributed by atoms with Crippen molar-refractivity contribution in [2.45, 2.75) is 32.7 Å². The molecule has 2 aliphatic heterocycles. The third kappa shape index (κ3) is 6.21. The number of pyridine rings is 1. The summed E-state index contributed by atoms with van der Waals surface area (Å²) < 4.78 is 0. The number of nitrogens with two attached hydrogens (primary N) is 1. The predicted octanol–water partition coefficient (Wildman–Crippen LogP) is 2.02. The topological polar surface area (TPSA) is 65.7 Å². The smallest absolute Gasteiger partial charge is 0.223 e. The highest BCUT2D eigenvalue weighted by Crippen LogP contribution is 2.28. The van der Waals surface area contributed by atoms with E-state index in [0.29, 0.717) is 6.42 Å². The number of nitrogens with zero attached hydrogens (tertiary/aromatic N) is 4. The minimum atomic E-state index is 0. The van der Waals surface area contributed by atoms with Crippen LogP contribution in [0.3, 0.4) is 0 Å². The molecule has 2 aliphatic rings. The molecule has 1 amide bonds. The van der Waals surface area contributed by atoms with Gasteiger partial charge in [-0.1, -0.05) is 19.9 Å². The molecule has 3 heterocycles. The number of likely N-dealkylation sites (tertiary alicyclic amines) is 1. The van der Waals surface area contributed by atoms with E-state index in [1.165, 1.54) is 0 Å². The summed E-state index contributed by atoms with van der Waals surface area (Å²) in [5, 5.41) is 0. The van der Waals surface area contributed by atoms with Gasteiger partial charge in [0.1, 0.15) is 5.82 Å². The number of anilines is 1. The van der Waals surface area contributed by atoms with Gasteiger partial charge in [-0.2, -0.15) is 0 Å². The SMILES string of the molecule is CC1(C)CN(C(=O)CCN2CCN(c3ccccn3)CC2)CCC1N.Cl.Cl. The molecule has 0 aliphatic carbocycles. The number of piperazine rings is 1. The average Bonchev–Trinajstić information content (AvgIpc) is 2.63. The van der Waals surface area contributed by atoms with Crippen molar-refractivity contribution in [3.63, 3.8) is 0 Å². The van der Waals surface area contributed by atoms with Crippen molar-refractivity contribution in [2.75, 3.05) is 50.7 Å².